The number of halogens is 2. The maximum absolute atomic E-state index is 14.4. The fraction of sp³-hybridized carbons (Fsp3) is 0.441. The average molecular weight is 740 g/mol. The first kappa shape index (κ1) is 38.5. The van der Waals surface area contributed by atoms with Crippen molar-refractivity contribution in [1.29, 1.82) is 0 Å². The second-order valence-corrected chi connectivity index (χ2v) is 16.5. The summed E-state index contributed by atoms with van der Waals surface area (Å²) in [7, 11) is -6.60. The van der Waals surface area contributed by atoms with E-state index in [-0.39, 0.29) is 52.6 Å². The molecule has 4 atom stereocenters. The number of benzene rings is 3. The fourth-order valence-corrected chi connectivity index (χ4v) is 7.77. The van der Waals surface area contributed by atoms with Gasteiger partial charge in [-0.05, 0) is 99.8 Å². The van der Waals surface area contributed by atoms with E-state index in [4.69, 9.17) is 21.1 Å². The summed E-state index contributed by atoms with van der Waals surface area (Å²) >= 11 is 5.93. The lowest BCUT2D eigenvalue weighted by molar-refractivity contribution is -0.00834. The normalized spacial score (nSPS) is 20.6. The number of aliphatic hydroxyl groups is 1. The van der Waals surface area contributed by atoms with Gasteiger partial charge in [0.15, 0.2) is 0 Å². The Kier molecular flexibility index (Phi) is 13.1. The summed E-state index contributed by atoms with van der Waals surface area (Å²) in [5, 5.41) is 10.6. The maximum Gasteiger partial charge on any atom is 0.261 e. The molecule has 0 bridgehead atoms. The number of rotatable bonds is 9. The summed E-state index contributed by atoms with van der Waals surface area (Å²) < 4.78 is 82.7. The van der Waals surface area contributed by atoms with E-state index in [1.807, 2.05) is 13.8 Å². The van der Waals surface area contributed by atoms with Gasteiger partial charge in [0.2, 0.25) is 10.0 Å². The lowest BCUT2D eigenvalue weighted by Gasteiger charge is -2.35. The van der Waals surface area contributed by atoms with Crippen molar-refractivity contribution in [2.75, 3.05) is 38.1 Å². The molecule has 0 saturated heterocycles. The summed E-state index contributed by atoms with van der Waals surface area (Å²) in [6.45, 7) is 5.34. The zero-order valence-electron chi connectivity index (χ0n) is 27.9. The summed E-state index contributed by atoms with van der Waals surface area (Å²) in [4.78, 5) is 15.7. The minimum atomic E-state index is -4.03. The minimum absolute atomic E-state index is 0.0185. The first-order valence-corrected chi connectivity index (χ1v) is 19.3. The van der Waals surface area contributed by atoms with Crippen molar-refractivity contribution in [1.82, 2.24) is 9.21 Å². The topological polar surface area (TPSA) is 143 Å². The molecule has 1 aliphatic rings. The van der Waals surface area contributed by atoms with Gasteiger partial charge in [-0.25, -0.2) is 21.2 Å². The smallest absolute Gasteiger partial charge is 0.261 e. The molecule has 2 N–H and O–H groups in total. The number of carbonyl (C=O) groups excluding carboxylic acids is 1. The third kappa shape index (κ3) is 9.92. The highest BCUT2D eigenvalue weighted by Gasteiger charge is 2.32. The minimum Gasteiger partial charge on any atom is -0.490 e. The molecular formula is C34H43ClFN3O8S2. The van der Waals surface area contributed by atoms with Crippen molar-refractivity contribution < 1.29 is 40.6 Å². The van der Waals surface area contributed by atoms with E-state index in [9.17, 15) is 31.1 Å². The highest BCUT2D eigenvalue weighted by molar-refractivity contribution is 7.92. The third-order valence-corrected chi connectivity index (χ3v) is 11.9. The van der Waals surface area contributed by atoms with Gasteiger partial charge in [0.25, 0.3) is 15.9 Å². The summed E-state index contributed by atoms with van der Waals surface area (Å²) in [5.41, 5.74) is 0.207. The van der Waals surface area contributed by atoms with Gasteiger partial charge in [-0.2, -0.15) is 4.31 Å². The van der Waals surface area contributed by atoms with Crippen LogP contribution in [0.15, 0.2) is 76.5 Å². The molecule has 0 unspecified atom stereocenters. The van der Waals surface area contributed by atoms with Crippen LogP contribution in [0, 0.1) is 11.7 Å². The standard InChI is InChI=1S/C34H43ClFN3O8S2/c1-23-20-39(24(2)22-40)34(41)31-19-28(37-48(42,43)29-13-8-26(35)9-14-29)12-17-32(31)47-25(3)7-5-6-18-46-33(23)21-38(4)49(44,45)30-15-10-27(36)11-16-30/h8-17,19,23-25,33,37,40H,5-7,18,20-22H2,1-4H3/t23-,24+,25-,33-/m0/s1. The maximum atomic E-state index is 14.4. The van der Waals surface area contributed by atoms with Crippen LogP contribution in [-0.4, -0.2) is 88.7 Å². The number of hydrogen-bond donors (Lipinski definition) is 2. The van der Waals surface area contributed by atoms with Gasteiger partial charge in [0, 0.05) is 43.4 Å². The van der Waals surface area contributed by atoms with Gasteiger partial charge in [-0.1, -0.05) is 18.5 Å². The van der Waals surface area contributed by atoms with Crippen LogP contribution < -0.4 is 9.46 Å². The Morgan fingerprint density at radius 1 is 1.02 bits per heavy atom. The molecule has 11 nitrogen and oxygen atoms in total. The Bertz CT molecular complexity index is 1790. The van der Waals surface area contributed by atoms with Crippen LogP contribution in [-0.2, 0) is 24.8 Å². The number of sulfonamides is 2. The number of nitrogens with zero attached hydrogens (tertiary/aromatic N) is 2. The van der Waals surface area contributed by atoms with Crippen molar-refractivity contribution in [3.05, 3.63) is 83.1 Å². The van der Waals surface area contributed by atoms with E-state index >= 15 is 0 Å². The van der Waals surface area contributed by atoms with Gasteiger partial charge >= 0.3 is 0 Å². The van der Waals surface area contributed by atoms with E-state index < -0.39 is 49.8 Å². The highest BCUT2D eigenvalue weighted by atomic mass is 35.5. The van der Waals surface area contributed by atoms with Crippen LogP contribution in [0.4, 0.5) is 10.1 Å². The van der Waals surface area contributed by atoms with E-state index in [1.54, 1.807) is 13.0 Å². The molecule has 0 aromatic heterocycles. The van der Waals surface area contributed by atoms with Gasteiger partial charge in [-0.3, -0.25) is 9.52 Å². The van der Waals surface area contributed by atoms with E-state index in [0.29, 0.717) is 24.5 Å². The quantitative estimate of drug-likeness (QED) is 0.297. The number of fused-ring (bicyclic) bond motifs is 1. The fourth-order valence-electron chi connectivity index (χ4n) is 5.41. The van der Waals surface area contributed by atoms with Crippen LogP contribution in [0.25, 0.3) is 0 Å². The van der Waals surface area contributed by atoms with Crippen molar-refractivity contribution >= 4 is 43.2 Å². The summed E-state index contributed by atoms with van der Waals surface area (Å²) in [6, 6.07) is 14.0. The Morgan fingerprint density at radius 2 is 1.67 bits per heavy atom. The highest BCUT2D eigenvalue weighted by Crippen LogP contribution is 2.30. The molecule has 0 spiro atoms. The van der Waals surface area contributed by atoms with Crippen LogP contribution in [0.3, 0.4) is 0 Å². The molecule has 3 aromatic carbocycles. The molecular weight excluding hydrogens is 697 g/mol. The summed E-state index contributed by atoms with van der Waals surface area (Å²) in [5.74, 6) is -1.25. The zero-order valence-corrected chi connectivity index (χ0v) is 30.3. The monoisotopic (exact) mass is 739 g/mol. The van der Waals surface area contributed by atoms with Crippen molar-refractivity contribution in [3.63, 3.8) is 0 Å². The summed E-state index contributed by atoms with van der Waals surface area (Å²) in [6.07, 6.45) is 1.05. The molecule has 0 saturated carbocycles. The first-order valence-electron chi connectivity index (χ1n) is 16.0. The molecule has 15 heteroatoms. The number of nitrogens with one attached hydrogen (secondary N) is 1. The Labute approximate surface area is 293 Å². The van der Waals surface area contributed by atoms with Crippen LogP contribution in [0.1, 0.15) is 50.4 Å². The average Bonchev–Trinajstić information content (AvgIpc) is 3.06. The SMILES string of the molecule is C[C@H](CO)N1C[C@H](C)[C@H](CN(C)S(=O)(=O)c2ccc(F)cc2)OCCCC[C@H](C)Oc2ccc(NS(=O)(=O)c3ccc(Cl)cc3)cc2C1=O. The predicted octanol–water partition coefficient (Wildman–Crippen LogP) is 5.40. The van der Waals surface area contributed by atoms with Crippen LogP contribution >= 0.6 is 11.6 Å². The van der Waals surface area contributed by atoms with Crippen molar-refractivity contribution in [2.24, 2.45) is 5.92 Å². The number of likely N-dealkylation sites (N-methyl/N-ethyl adjacent to an activating group) is 1. The molecule has 1 amide bonds. The van der Waals surface area contributed by atoms with E-state index in [1.165, 1.54) is 60.5 Å². The second kappa shape index (κ2) is 16.6. The molecule has 1 heterocycles. The van der Waals surface area contributed by atoms with E-state index in [0.717, 1.165) is 22.9 Å². The Morgan fingerprint density at radius 3 is 2.33 bits per heavy atom. The lowest BCUT2D eigenvalue weighted by atomic mass is 10.0. The number of carbonyl (C=O) groups is 1. The number of amides is 1. The molecule has 3 aromatic rings. The van der Waals surface area contributed by atoms with Crippen LogP contribution in [0.5, 0.6) is 5.75 Å². The first-order chi connectivity index (χ1) is 23.1. The molecule has 49 heavy (non-hydrogen) atoms. The second-order valence-electron chi connectivity index (χ2n) is 12.3. The predicted molar refractivity (Wildman–Crippen MR) is 185 cm³/mol. The van der Waals surface area contributed by atoms with Crippen molar-refractivity contribution in [3.8, 4) is 5.75 Å². The largest absolute Gasteiger partial charge is 0.490 e. The third-order valence-electron chi connectivity index (χ3n) is 8.39. The van der Waals surface area contributed by atoms with Gasteiger partial charge in [0.05, 0.1) is 40.2 Å². The van der Waals surface area contributed by atoms with Gasteiger partial charge < -0.3 is 19.5 Å². The number of hydrogen-bond acceptors (Lipinski definition) is 8. The molecule has 4 rings (SSSR count). The van der Waals surface area contributed by atoms with Crippen molar-refractivity contribution in [2.45, 2.75) is 68.1 Å². The number of ether oxygens (including phenoxy) is 2. The molecule has 0 radical (unpaired) electrons. The van der Waals surface area contributed by atoms with Gasteiger partial charge in [0.1, 0.15) is 11.6 Å². The number of aliphatic hydroxyl groups excluding tert-OH is 1. The lowest BCUT2D eigenvalue weighted by Crippen LogP contribution is -2.48. The molecule has 268 valence electrons. The Hall–Kier alpha value is -3.27. The van der Waals surface area contributed by atoms with Crippen LogP contribution in [0.2, 0.25) is 5.02 Å². The molecule has 0 aliphatic carbocycles. The molecule has 0 fully saturated rings. The Balaban J connectivity index is 1.67. The number of anilines is 1. The van der Waals surface area contributed by atoms with Gasteiger partial charge in [-0.15, -0.1) is 0 Å². The zero-order chi connectivity index (χ0) is 35.9. The van der Waals surface area contributed by atoms with E-state index in [2.05, 4.69) is 4.72 Å². The molecule has 1 aliphatic heterocycles.